The van der Waals surface area contributed by atoms with Crippen molar-refractivity contribution in [1.29, 1.82) is 0 Å². The molecule has 0 heterocycles. The van der Waals surface area contributed by atoms with Crippen LogP contribution in [0.4, 0.5) is 0 Å². The van der Waals surface area contributed by atoms with Crippen molar-refractivity contribution in [2.45, 2.75) is 13.0 Å². The molecule has 0 aliphatic carbocycles. The van der Waals surface area contributed by atoms with Crippen LogP contribution in [0.5, 0.6) is 0 Å². The van der Waals surface area contributed by atoms with E-state index in [0.29, 0.717) is 0 Å². The Balaban J connectivity index is 2.84. The zero-order valence-corrected chi connectivity index (χ0v) is 9.91. The van der Waals surface area contributed by atoms with Crippen LogP contribution in [0.2, 0.25) is 0 Å². The molecule has 1 aromatic carbocycles. The Bertz CT molecular complexity index is 283. The highest BCUT2D eigenvalue weighted by atomic mass is 127. The van der Waals surface area contributed by atoms with Crippen LogP contribution in [0.3, 0.4) is 0 Å². The van der Waals surface area contributed by atoms with E-state index in [1.54, 1.807) is 0 Å². The minimum Gasteiger partial charge on any atom is -0.307 e. The van der Waals surface area contributed by atoms with Crippen molar-refractivity contribution < 1.29 is 0 Å². The second-order valence-electron chi connectivity index (χ2n) is 2.83. The number of nitrogens with one attached hydrogen (secondary N) is 1. The van der Waals surface area contributed by atoms with E-state index in [9.17, 15) is 0 Å². The molecule has 0 bridgehead atoms. The highest BCUT2D eigenvalue weighted by molar-refractivity contribution is 14.1. The van der Waals surface area contributed by atoms with Crippen LogP contribution in [-0.2, 0) is 0 Å². The number of rotatable bonds is 4. The smallest absolute Gasteiger partial charge is 0.0503 e. The number of hydrogen-bond acceptors (Lipinski definition) is 1. The molecule has 0 radical (unpaired) electrons. The molecule has 0 spiro atoms. The van der Waals surface area contributed by atoms with Gasteiger partial charge in [-0.15, -0.1) is 6.58 Å². The van der Waals surface area contributed by atoms with Crippen molar-refractivity contribution in [1.82, 2.24) is 5.32 Å². The Hall–Kier alpha value is -0.350. The largest absolute Gasteiger partial charge is 0.307 e. The van der Waals surface area contributed by atoms with Crippen molar-refractivity contribution in [3.05, 3.63) is 46.1 Å². The summed E-state index contributed by atoms with van der Waals surface area (Å²) in [6, 6.07) is 8.74. The summed E-state index contributed by atoms with van der Waals surface area (Å²) in [6.07, 6.45) is 1.94. The number of benzene rings is 1. The third kappa shape index (κ3) is 3.12. The average Bonchev–Trinajstić information content (AvgIpc) is 2.14. The Morgan fingerprint density at radius 3 is 2.92 bits per heavy atom. The SMILES string of the molecule is C=CC(NCC)c1cccc(I)c1. The first kappa shape index (κ1) is 10.7. The molecule has 2 heteroatoms. The zero-order chi connectivity index (χ0) is 9.68. The van der Waals surface area contributed by atoms with Crippen molar-refractivity contribution >= 4 is 22.6 Å². The topological polar surface area (TPSA) is 12.0 Å². The Morgan fingerprint density at radius 1 is 1.62 bits per heavy atom. The lowest BCUT2D eigenvalue weighted by Gasteiger charge is -2.13. The predicted molar refractivity (Wildman–Crippen MR) is 65.8 cm³/mol. The lowest BCUT2D eigenvalue weighted by Crippen LogP contribution is -2.18. The van der Waals surface area contributed by atoms with E-state index in [4.69, 9.17) is 0 Å². The van der Waals surface area contributed by atoms with E-state index in [1.165, 1.54) is 9.13 Å². The van der Waals surface area contributed by atoms with Gasteiger partial charge in [0.2, 0.25) is 0 Å². The predicted octanol–water partition coefficient (Wildman–Crippen LogP) is 3.13. The van der Waals surface area contributed by atoms with Crippen LogP contribution in [0.25, 0.3) is 0 Å². The molecular weight excluding hydrogens is 273 g/mol. The van der Waals surface area contributed by atoms with Gasteiger partial charge in [0, 0.05) is 3.57 Å². The van der Waals surface area contributed by atoms with Crippen LogP contribution in [0.1, 0.15) is 18.5 Å². The summed E-state index contributed by atoms with van der Waals surface area (Å²) in [5.74, 6) is 0. The van der Waals surface area contributed by atoms with E-state index in [0.717, 1.165) is 6.54 Å². The highest BCUT2D eigenvalue weighted by Gasteiger charge is 2.04. The van der Waals surface area contributed by atoms with Crippen LogP contribution >= 0.6 is 22.6 Å². The van der Waals surface area contributed by atoms with Crippen LogP contribution in [-0.4, -0.2) is 6.54 Å². The molecule has 0 aliphatic heterocycles. The third-order valence-electron chi connectivity index (χ3n) is 1.87. The van der Waals surface area contributed by atoms with Crippen molar-refractivity contribution in [2.75, 3.05) is 6.54 Å². The van der Waals surface area contributed by atoms with E-state index in [2.05, 4.69) is 65.7 Å². The summed E-state index contributed by atoms with van der Waals surface area (Å²) in [6.45, 7) is 6.88. The highest BCUT2D eigenvalue weighted by Crippen LogP contribution is 2.16. The summed E-state index contributed by atoms with van der Waals surface area (Å²) in [5, 5.41) is 3.35. The monoisotopic (exact) mass is 287 g/mol. The molecule has 0 saturated carbocycles. The van der Waals surface area contributed by atoms with E-state index >= 15 is 0 Å². The summed E-state index contributed by atoms with van der Waals surface area (Å²) in [7, 11) is 0. The van der Waals surface area contributed by atoms with Gasteiger partial charge in [-0.2, -0.15) is 0 Å². The lowest BCUT2D eigenvalue weighted by molar-refractivity contribution is 0.649. The van der Waals surface area contributed by atoms with Crippen LogP contribution in [0, 0.1) is 3.57 Å². The van der Waals surface area contributed by atoms with Gasteiger partial charge in [-0.1, -0.05) is 25.1 Å². The van der Waals surface area contributed by atoms with Crippen molar-refractivity contribution in [3.63, 3.8) is 0 Å². The summed E-state index contributed by atoms with van der Waals surface area (Å²) in [5.41, 5.74) is 1.28. The molecule has 0 fully saturated rings. The van der Waals surface area contributed by atoms with Gasteiger partial charge in [-0.05, 0) is 46.8 Å². The van der Waals surface area contributed by atoms with Gasteiger partial charge in [0.25, 0.3) is 0 Å². The maximum atomic E-state index is 3.82. The Kier molecular flexibility index (Phi) is 4.45. The number of likely N-dealkylation sites (N-methyl/N-ethyl adjacent to an activating group) is 1. The molecule has 0 aliphatic rings. The molecule has 1 atom stereocenters. The number of halogens is 1. The molecule has 1 rings (SSSR count). The summed E-state index contributed by atoms with van der Waals surface area (Å²) >= 11 is 2.32. The van der Waals surface area contributed by atoms with Crippen molar-refractivity contribution in [2.24, 2.45) is 0 Å². The lowest BCUT2D eigenvalue weighted by atomic mass is 10.1. The molecule has 13 heavy (non-hydrogen) atoms. The van der Waals surface area contributed by atoms with Gasteiger partial charge in [0.15, 0.2) is 0 Å². The first-order valence-electron chi connectivity index (χ1n) is 4.39. The molecule has 1 nitrogen and oxygen atoms in total. The van der Waals surface area contributed by atoms with E-state index in [1.807, 2.05) is 6.08 Å². The van der Waals surface area contributed by atoms with Crippen LogP contribution < -0.4 is 5.32 Å². The molecule has 70 valence electrons. The Morgan fingerprint density at radius 2 is 2.38 bits per heavy atom. The molecule has 0 amide bonds. The minimum absolute atomic E-state index is 0.278. The van der Waals surface area contributed by atoms with Crippen LogP contribution in [0.15, 0.2) is 36.9 Å². The molecular formula is C11H14IN. The molecule has 0 aromatic heterocycles. The standard InChI is InChI=1S/C11H14IN/c1-3-11(13-4-2)9-6-5-7-10(12)8-9/h3,5-8,11,13H,1,4H2,2H3. The van der Waals surface area contributed by atoms with Gasteiger partial charge >= 0.3 is 0 Å². The van der Waals surface area contributed by atoms with Gasteiger partial charge in [-0.3, -0.25) is 0 Å². The molecule has 1 N–H and O–H groups in total. The maximum absolute atomic E-state index is 3.82. The van der Waals surface area contributed by atoms with E-state index < -0.39 is 0 Å². The van der Waals surface area contributed by atoms with Gasteiger partial charge in [0.1, 0.15) is 0 Å². The van der Waals surface area contributed by atoms with E-state index in [-0.39, 0.29) is 6.04 Å². The first-order chi connectivity index (χ1) is 6.27. The average molecular weight is 287 g/mol. The number of hydrogen-bond donors (Lipinski definition) is 1. The quantitative estimate of drug-likeness (QED) is 0.662. The second-order valence-corrected chi connectivity index (χ2v) is 4.07. The molecule has 1 unspecified atom stereocenters. The molecule has 0 saturated heterocycles. The second kappa shape index (κ2) is 5.40. The summed E-state index contributed by atoms with van der Waals surface area (Å²) in [4.78, 5) is 0. The van der Waals surface area contributed by atoms with Gasteiger partial charge in [-0.25, -0.2) is 0 Å². The minimum atomic E-state index is 0.278. The van der Waals surface area contributed by atoms with Crippen molar-refractivity contribution in [3.8, 4) is 0 Å². The zero-order valence-electron chi connectivity index (χ0n) is 7.76. The summed E-state index contributed by atoms with van der Waals surface area (Å²) < 4.78 is 1.26. The fourth-order valence-electron chi connectivity index (χ4n) is 1.26. The first-order valence-corrected chi connectivity index (χ1v) is 5.47. The fourth-order valence-corrected chi connectivity index (χ4v) is 1.82. The normalized spacial score (nSPS) is 12.5. The molecule has 1 aromatic rings. The fraction of sp³-hybridized carbons (Fsp3) is 0.273. The van der Waals surface area contributed by atoms with Gasteiger partial charge < -0.3 is 5.32 Å². The maximum Gasteiger partial charge on any atom is 0.0503 e. The third-order valence-corrected chi connectivity index (χ3v) is 2.54. The Labute approximate surface area is 93.4 Å². The van der Waals surface area contributed by atoms with Gasteiger partial charge in [0.05, 0.1) is 6.04 Å².